The Kier molecular flexibility index (Phi) is 16.5. The van der Waals surface area contributed by atoms with Gasteiger partial charge in [-0.25, -0.2) is 0 Å². The summed E-state index contributed by atoms with van der Waals surface area (Å²) in [6.45, 7) is 8.85. The second-order valence-electron chi connectivity index (χ2n) is 10.2. The topological polar surface area (TPSA) is 60.7 Å². The maximum atomic E-state index is 9.37. The van der Waals surface area contributed by atoms with E-state index in [4.69, 9.17) is 0 Å². The Morgan fingerprint density at radius 3 is 0.767 bits per heavy atom. The molecule has 0 saturated carbocycles. The van der Waals surface area contributed by atoms with Crippen LogP contribution in [0.25, 0.3) is 32.3 Å². The van der Waals surface area contributed by atoms with Crippen LogP contribution in [0, 0.1) is 0 Å². The maximum Gasteiger partial charge on any atom is 0.123 e. The molecule has 3 nitrogen and oxygen atoms in total. The lowest BCUT2D eigenvalue weighted by atomic mass is 10.1. The maximum absolute atomic E-state index is 9.37. The summed E-state index contributed by atoms with van der Waals surface area (Å²) in [7, 11) is 0. The van der Waals surface area contributed by atoms with Gasteiger partial charge in [0.2, 0.25) is 0 Å². The number of hydrogen-bond acceptors (Lipinski definition) is 3. The van der Waals surface area contributed by atoms with E-state index in [0.29, 0.717) is 17.2 Å². The van der Waals surface area contributed by atoms with Crippen molar-refractivity contribution in [3.8, 4) is 17.2 Å². The predicted molar refractivity (Wildman–Crippen MR) is 187 cm³/mol. The Morgan fingerprint density at radius 1 is 0.326 bits per heavy atom. The predicted octanol–water partition coefficient (Wildman–Crippen LogP) is 12.0. The Labute approximate surface area is 258 Å². The molecule has 0 unspecified atom stereocenters. The summed E-state index contributed by atoms with van der Waals surface area (Å²) >= 11 is 0. The van der Waals surface area contributed by atoms with Gasteiger partial charge in [-0.3, -0.25) is 0 Å². The minimum absolute atomic E-state index is 0.350. The van der Waals surface area contributed by atoms with Crippen LogP contribution in [-0.4, -0.2) is 15.3 Å². The normalized spacial score (nSPS) is 9.77. The molecule has 0 bridgehead atoms. The first-order chi connectivity index (χ1) is 21.0. The third-order valence-electron chi connectivity index (χ3n) is 6.71. The van der Waals surface area contributed by atoms with Crippen LogP contribution in [0.3, 0.4) is 0 Å². The van der Waals surface area contributed by atoms with Crippen LogP contribution in [0.15, 0.2) is 127 Å². The Balaban J connectivity index is 0.000000196. The van der Waals surface area contributed by atoms with E-state index in [1.165, 1.54) is 38.5 Å². The van der Waals surface area contributed by atoms with Crippen LogP contribution >= 0.6 is 0 Å². The number of unbranched alkanes of at least 4 members (excludes halogenated alkanes) is 4. The highest BCUT2D eigenvalue weighted by Gasteiger charge is 1.96. The van der Waals surface area contributed by atoms with E-state index in [-0.39, 0.29) is 0 Å². The van der Waals surface area contributed by atoms with Crippen LogP contribution < -0.4 is 0 Å². The van der Waals surface area contributed by atoms with Gasteiger partial charge in [-0.1, -0.05) is 175 Å². The zero-order valence-corrected chi connectivity index (χ0v) is 26.2. The molecule has 43 heavy (non-hydrogen) atoms. The lowest BCUT2D eigenvalue weighted by Crippen LogP contribution is -1.70. The number of phenols is 3. The molecule has 0 aromatic heterocycles. The Morgan fingerprint density at radius 2 is 0.558 bits per heavy atom. The van der Waals surface area contributed by atoms with Crippen molar-refractivity contribution < 1.29 is 15.3 Å². The molecule has 3 N–H and O–H groups in total. The van der Waals surface area contributed by atoms with Crippen molar-refractivity contribution in [2.45, 2.75) is 66.2 Å². The first-order valence-electron chi connectivity index (χ1n) is 15.5. The summed E-state index contributed by atoms with van der Waals surface area (Å²) < 4.78 is 0. The number of benzene rings is 6. The highest BCUT2D eigenvalue weighted by atomic mass is 16.3. The van der Waals surface area contributed by atoms with Crippen LogP contribution in [0.2, 0.25) is 0 Å². The Bertz CT molecular complexity index is 1400. The number of hydrogen-bond donors (Lipinski definition) is 3. The standard InChI is InChI=1S/3C10H8O.2C5H12/c3*11-10-7-3-5-8-4-1-2-6-9(8)10;2*1-3-5-4-2/h3*1-7,11H;2*3-5H2,1-2H3. The average Bonchev–Trinajstić information content (AvgIpc) is 3.04. The van der Waals surface area contributed by atoms with Gasteiger partial charge in [0.1, 0.15) is 17.2 Å². The smallest absolute Gasteiger partial charge is 0.123 e. The van der Waals surface area contributed by atoms with Crippen molar-refractivity contribution in [2.24, 2.45) is 0 Å². The largest absolute Gasteiger partial charge is 0.507 e. The number of fused-ring (bicyclic) bond motifs is 3. The summed E-state index contributed by atoms with van der Waals surface area (Å²) in [4.78, 5) is 0. The van der Waals surface area contributed by atoms with E-state index in [0.717, 1.165) is 32.3 Å². The summed E-state index contributed by atoms with van der Waals surface area (Å²) in [5.41, 5.74) is 0. The third-order valence-corrected chi connectivity index (χ3v) is 6.71. The first-order valence-corrected chi connectivity index (χ1v) is 15.5. The SMILES string of the molecule is CCCCC.CCCCC.Oc1cccc2ccccc12.Oc1cccc2ccccc12.Oc1cccc2ccccc12. The Hall–Kier alpha value is -4.50. The van der Waals surface area contributed by atoms with Crippen molar-refractivity contribution in [1.29, 1.82) is 0 Å². The van der Waals surface area contributed by atoms with Crippen molar-refractivity contribution in [3.63, 3.8) is 0 Å². The number of rotatable bonds is 4. The zero-order valence-electron chi connectivity index (χ0n) is 26.2. The van der Waals surface area contributed by atoms with Gasteiger partial charge in [-0.2, -0.15) is 0 Å². The lowest BCUT2D eigenvalue weighted by molar-refractivity contribution is 0.481. The monoisotopic (exact) mass is 576 g/mol. The molecule has 0 saturated heterocycles. The number of aromatic hydroxyl groups is 3. The molecule has 0 aliphatic carbocycles. The average molecular weight is 577 g/mol. The molecule has 6 rings (SSSR count). The molecule has 0 aliphatic heterocycles. The molecule has 0 heterocycles. The quantitative estimate of drug-likeness (QED) is 0.196. The van der Waals surface area contributed by atoms with E-state index >= 15 is 0 Å². The van der Waals surface area contributed by atoms with Gasteiger partial charge >= 0.3 is 0 Å². The molecule has 0 fully saturated rings. The molecule has 0 amide bonds. The van der Waals surface area contributed by atoms with Gasteiger partial charge in [-0.15, -0.1) is 0 Å². The summed E-state index contributed by atoms with van der Waals surface area (Å²) in [5.74, 6) is 1.05. The first kappa shape index (κ1) is 34.7. The third kappa shape index (κ3) is 12.1. The zero-order chi connectivity index (χ0) is 31.3. The highest BCUT2D eigenvalue weighted by Crippen LogP contribution is 2.24. The molecule has 0 radical (unpaired) electrons. The van der Waals surface area contributed by atoms with Crippen LogP contribution in [0.4, 0.5) is 0 Å². The lowest BCUT2D eigenvalue weighted by Gasteiger charge is -1.97. The number of phenolic OH excluding ortho intramolecular Hbond substituents is 3. The summed E-state index contributed by atoms with van der Waals surface area (Å²) in [5, 5.41) is 34.1. The molecule has 6 aromatic rings. The highest BCUT2D eigenvalue weighted by molar-refractivity contribution is 5.89. The summed E-state index contributed by atoms with van der Waals surface area (Å²) in [6.07, 6.45) is 8.15. The van der Waals surface area contributed by atoms with Crippen molar-refractivity contribution in [2.75, 3.05) is 0 Å². The molecule has 0 spiro atoms. The second-order valence-corrected chi connectivity index (χ2v) is 10.2. The van der Waals surface area contributed by atoms with Crippen molar-refractivity contribution in [1.82, 2.24) is 0 Å². The van der Waals surface area contributed by atoms with E-state index in [1.54, 1.807) is 18.2 Å². The van der Waals surface area contributed by atoms with Gasteiger partial charge in [0.25, 0.3) is 0 Å². The van der Waals surface area contributed by atoms with Gasteiger partial charge in [0, 0.05) is 16.2 Å². The van der Waals surface area contributed by atoms with Crippen molar-refractivity contribution >= 4 is 32.3 Å². The van der Waals surface area contributed by atoms with Crippen LogP contribution in [-0.2, 0) is 0 Å². The molecule has 6 aromatic carbocycles. The molecule has 226 valence electrons. The minimum Gasteiger partial charge on any atom is -0.507 e. The summed E-state index contributed by atoms with van der Waals surface area (Å²) in [6, 6.07) is 39.9. The molecule has 3 heteroatoms. The fraction of sp³-hybridized carbons (Fsp3) is 0.250. The van der Waals surface area contributed by atoms with Gasteiger partial charge in [0.05, 0.1) is 0 Å². The van der Waals surface area contributed by atoms with E-state index in [1.807, 2.05) is 109 Å². The molecule has 0 aliphatic rings. The van der Waals surface area contributed by atoms with Gasteiger partial charge < -0.3 is 15.3 Å². The fourth-order valence-electron chi connectivity index (χ4n) is 4.33. The van der Waals surface area contributed by atoms with E-state index in [9.17, 15) is 15.3 Å². The van der Waals surface area contributed by atoms with Crippen LogP contribution in [0.1, 0.15) is 66.2 Å². The van der Waals surface area contributed by atoms with Crippen molar-refractivity contribution in [3.05, 3.63) is 127 Å². The van der Waals surface area contributed by atoms with Crippen LogP contribution in [0.5, 0.6) is 17.2 Å². The van der Waals surface area contributed by atoms with E-state index < -0.39 is 0 Å². The van der Waals surface area contributed by atoms with E-state index in [2.05, 4.69) is 27.7 Å². The molecular weight excluding hydrogens is 528 g/mol. The molecule has 0 atom stereocenters. The van der Waals surface area contributed by atoms with Gasteiger partial charge in [-0.05, 0) is 34.4 Å². The second kappa shape index (κ2) is 20.4. The molecular formula is C40H48O3. The minimum atomic E-state index is 0.350. The van der Waals surface area contributed by atoms with Gasteiger partial charge in [0.15, 0.2) is 0 Å². The fourth-order valence-corrected chi connectivity index (χ4v) is 4.33.